The van der Waals surface area contributed by atoms with Crippen LogP contribution in [0.4, 0.5) is 6.01 Å². The van der Waals surface area contributed by atoms with Crippen LogP contribution in [0.1, 0.15) is 32.1 Å². The molecule has 0 radical (unpaired) electrons. The summed E-state index contributed by atoms with van der Waals surface area (Å²) in [6.07, 6.45) is 8.68. The van der Waals surface area contributed by atoms with Gasteiger partial charge in [-0.3, -0.25) is 0 Å². The maximum atomic E-state index is 5.62. The van der Waals surface area contributed by atoms with E-state index in [-0.39, 0.29) is 0 Å². The number of para-hydroxylation sites is 2. The molecule has 1 aliphatic carbocycles. The fourth-order valence-corrected chi connectivity index (χ4v) is 2.41. The number of nitrogens with zero attached hydrogens (tertiary/aromatic N) is 1. The van der Waals surface area contributed by atoms with Gasteiger partial charge < -0.3 is 9.73 Å². The van der Waals surface area contributed by atoms with Gasteiger partial charge in [-0.25, -0.2) is 0 Å². The molecule has 1 heterocycles. The van der Waals surface area contributed by atoms with Crippen molar-refractivity contribution in [3.63, 3.8) is 0 Å². The third-order valence-corrected chi connectivity index (χ3v) is 3.40. The zero-order valence-electron chi connectivity index (χ0n) is 10.5. The third kappa shape index (κ3) is 2.55. The summed E-state index contributed by atoms with van der Waals surface area (Å²) in [6, 6.07) is 8.48. The van der Waals surface area contributed by atoms with Gasteiger partial charge in [-0.05, 0) is 44.2 Å². The molecule has 1 aromatic carbocycles. The van der Waals surface area contributed by atoms with E-state index in [1.165, 1.54) is 25.7 Å². The summed E-state index contributed by atoms with van der Waals surface area (Å²) in [5.41, 5.74) is 3.33. The first-order valence-electron chi connectivity index (χ1n) is 6.69. The van der Waals surface area contributed by atoms with Gasteiger partial charge in [0.2, 0.25) is 0 Å². The molecule has 18 heavy (non-hydrogen) atoms. The lowest BCUT2D eigenvalue weighted by Gasteiger charge is -2.12. The second-order valence-corrected chi connectivity index (χ2v) is 4.77. The maximum absolute atomic E-state index is 5.62. The monoisotopic (exact) mass is 242 g/mol. The van der Waals surface area contributed by atoms with Gasteiger partial charge in [0.25, 0.3) is 6.01 Å². The first-order chi connectivity index (χ1) is 8.92. The molecule has 0 aliphatic heterocycles. The van der Waals surface area contributed by atoms with Crippen molar-refractivity contribution in [3.8, 4) is 0 Å². The summed E-state index contributed by atoms with van der Waals surface area (Å²) < 4.78 is 5.62. The zero-order valence-corrected chi connectivity index (χ0v) is 10.5. The van der Waals surface area contributed by atoms with Gasteiger partial charge >= 0.3 is 0 Å². The van der Waals surface area contributed by atoms with Crippen LogP contribution in [0.25, 0.3) is 11.1 Å². The molecule has 3 rings (SSSR count). The topological polar surface area (TPSA) is 38.1 Å². The Labute approximate surface area is 107 Å². The molecule has 0 amide bonds. The van der Waals surface area contributed by atoms with Gasteiger partial charge in [0.15, 0.2) is 5.58 Å². The van der Waals surface area contributed by atoms with E-state index in [1.807, 2.05) is 24.3 Å². The maximum Gasteiger partial charge on any atom is 0.295 e. The number of hydrogen-bond acceptors (Lipinski definition) is 3. The average molecular weight is 242 g/mol. The van der Waals surface area contributed by atoms with E-state index >= 15 is 0 Å². The highest BCUT2D eigenvalue weighted by molar-refractivity contribution is 5.74. The Hall–Kier alpha value is -1.77. The Morgan fingerprint density at radius 2 is 2.17 bits per heavy atom. The van der Waals surface area contributed by atoms with Gasteiger partial charge in [-0.2, -0.15) is 4.98 Å². The summed E-state index contributed by atoms with van der Waals surface area (Å²) in [4.78, 5) is 4.40. The van der Waals surface area contributed by atoms with Crippen LogP contribution < -0.4 is 5.32 Å². The number of anilines is 1. The molecule has 0 bridgehead atoms. The highest BCUT2D eigenvalue weighted by Gasteiger charge is 2.06. The number of allylic oxidation sites excluding steroid dienone is 1. The molecular formula is C15H18N2O. The summed E-state index contributed by atoms with van der Waals surface area (Å²) in [7, 11) is 0. The normalized spacial score (nSPS) is 15.7. The van der Waals surface area contributed by atoms with Crippen LogP contribution in [0.3, 0.4) is 0 Å². The highest BCUT2D eigenvalue weighted by atomic mass is 16.4. The van der Waals surface area contributed by atoms with Crippen LogP contribution in [0.15, 0.2) is 40.3 Å². The van der Waals surface area contributed by atoms with E-state index in [2.05, 4.69) is 16.4 Å². The summed E-state index contributed by atoms with van der Waals surface area (Å²) in [6.45, 7) is 0.901. The highest BCUT2D eigenvalue weighted by Crippen LogP contribution is 2.21. The van der Waals surface area contributed by atoms with Crippen molar-refractivity contribution < 1.29 is 4.42 Å². The number of oxazole rings is 1. The van der Waals surface area contributed by atoms with Crippen molar-refractivity contribution in [1.29, 1.82) is 0 Å². The third-order valence-electron chi connectivity index (χ3n) is 3.40. The number of benzene rings is 1. The van der Waals surface area contributed by atoms with Gasteiger partial charge in [-0.1, -0.05) is 23.8 Å². The molecule has 0 saturated heterocycles. The predicted octanol–water partition coefficient (Wildman–Crippen LogP) is 4.13. The minimum absolute atomic E-state index is 0.632. The Kier molecular flexibility index (Phi) is 3.31. The van der Waals surface area contributed by atoms with E-state index in [4.69, 9.17) is 4.42 Å². The minimum atomic E-state index is 0.632. The van der Waals surface area contributed by atoms with Gasteiger partial charge in [0.05, 0.1) is 0 Å². The lowest BCUT2D eigenvalue weighted by molar-refractivity contribution is 0.612. The Morgan fingerprint density at radius 1 is 1.22 bits per heavy atom. The molecule has 94 valence electrons. The second kappa shape index (κ2) is 5.25. The molecule has 0 unspecified atom stereocenters. The largest absolute Gasteiger partial charge is 0.424 e. The minimum Gasteiger partial charge on any atom is -0.424 e. The Balaban J connectivity index is 1.58. The van der Waals surface area contributed by atoms with Crippen molar-refractivity contribution in [1.82, 2.24) is 4.98 Å². The van der Waals surface area contributed by atoms with E-state index < -0.39 is 0 Å². The number of rotatable bonds is 4. The SMILES string of the molecule is C1=C(CCNc2nc3ccccc3o2)CCCC1. The molecule has 0 saturated carbocycles. The standard InChI is InChI=1S/C15H18N2O/c1-2-6-12(7-3-1)10-11-16-15-17-13-8-4-5-9-14(13)18-15/h4-6,8-9H,1-3,7,10-11H2,(H,16,17). The lowest BCUT2D eigenvalue weighted by atomic mass is 9.97. The van der Waals surface area contributed by atoms with Crippen molar-refractivity contribution in [2.75, 3.05) is 11.9 Å². The molecule has 2 aromatic rings. The van der Waals surface area contributed by atoms with Crippen LogP contribution >= 0.6 is 0 Å². The average Bonchev–Trinajstić information content (AvgIpc) is 2.82. The van der Waals surface area contributed by atoms with Crippen LogP contribution in [0, 0.1) is 0 Å². The predicted molar refractivity (Wildman–Crippen MR) is 73.7 cm³/mol. The van der Waals surface area contributed by atoms with Gasteiger partial charge in [0, 0.05) is 6.54 Å². The molecule has 0 atom stereocenters. The second-order valence-electron chi connectivity index (χ2n) is 4.77. The molecule has 0 fully saturated rings. The quantitative estimate of drug-likeness (QED) is 0.819. The summed E-state index contributed by atoms with van der Waals surface area (Å²) in [5, 5.41) is 3.26. The number of nitrogens with one attached hydrogen (secondary N) is 1. The first kappa shape index (κ1) is 11.3. The fraction of sp³-hybridized carbons (Fsp3) is 0.400. The van der Waals surface area contributed by atoms with Crippen LogP contribution in [-0.4, -0.2) is 11.5 Å². The fourth-order valence-electron chi connectivity index (χ4n) is 2.41. The van der Waals surface area contributed by atoms with Gasteiger partial charge in [-0.15, -0.1) is 0 Å². The Morgan fingerprint density at radius 3 is 3.00 bits per heavy atom. The van der Waals surface area contributed by atoms with Gasteiger partial charge in [0.1, 0.15) is 5.52 Å². The molecule has 1 aromatic heterocycles. The smallest absolute Gasteiger partial charge is 0.295 e. The van der Waals surface area contributed by atoms with E-state index in [9.17, 15) is 0 Å². The van der Waals surface area contributed by atoms with Crippen molar-refractivity contribution in [2.45, 2.75) is 32.1 Å². The van der Waals surface area contributed by atoms with Crippen LogP contribution in [0.2, 0.25) is 0 Å². The summed E-state index contributed by atoms with van der Waals surface area (Å²) >= 11 is 0. The number of aromatic nitrogens is 1. The zero-order chi connectivity index (χ0) is 12.2. The Bertz CT molecular complexity index is 523. The van der Waals surface area contributed by atoms with E-state index in [0.29, 0.717) is 6.01 Å². The number of hydrogen-bond donors (Lipinski definition) is 1. The summed E-state index contributed by atoms with van der Waals surface area (Å²) in [5.74, 6) is 0. The van der Waals surface area contributed by atoms with Crippen molar-refractivity contribution >= 4 is 17.1 Å². The van der Waals surface area contributed by atoms with Crippen molar-refractivity contribution in [2.24, 2.45) is 0 Å². The molecule has 1 aliphatic rings. The molecule has 0 spiro atoms. The van der Waals surface area contributed by atoms with Crippen molar-refractivity contribution in [3.05, 3.63) is 35.9 Å². The molecular weight excluding hydrogens is 224 g/mol. The first-order valence-corrected chi connectivity index (χ1v) is 6.69. The molecule has 3 heteroatoms. The van der Waals surface area contributed by atoms with Crippen LogP contribution in [0.5, 0.6) is 0 Å². The number of fused-ring (bicyclic) bond motifs is 1. The molecule has 3 nitrogen and oxygen atoms in total. The van der Waals surface area contributed by atoms with Crippen LogP contribution in [-0.2, 0) is 0 Å². The van der Waals surface area contributed by atoms with E-state index in [0.717, 1.165) is 24.1 Å². The molecule has 1 N–H and O–H groups in total. The van der Waals surface area contributed by atoms with E-state index in [1.54, 1.807) is 5.57 Å². The lowest BCUT2D eigenvalue weighted by Crippen LogP contribution is -2.04.